The van der Waals surface area contributed by atoms with E-state index >= 15 is 0 Å². The van der Waals surface area contributed by atoms with Gasteiger partial charge in [-0.25, -0.2) is 4.98 Å². The van der Waals surface area contributed by atoms with Crippen LogP contribution in [0.4, 0.5) is 0 Å². The lowest BCUT2D eigenvalue weighted by Gasteiger charge is -2.36. The number of hydrogen-bond donors (Lipinski definition) is 1. The number of nitrogens with two attached hydrogens (primary N) is 1. The predicted octanol–water partition coefficient (Wildman–Crippen LogP) is 1.05. The van der Waals surface area contributed by atoms with E-state index in [1.54, 1.807) is 7.11 Å². The molecule has 3 rings (SSSR count). The van der Waals surface area contributed by atoms with Crippen LogP contribution in [-0.2, 0) is 17.6 Å². The van der Waals surface area contributed by atoms with Crippen molar-refractivity contribution in [2.75, 3.05) is 7.11 Å². The molecule has 0 amide bonds. The molecular formula is C12H19N3O. The number of ether oxygens (including phenoxy) is 1. The number of aromatic nitrogens is 2. The smallest absolute Gasteiger partial charge is 0.0954 e. The van der Waals surface area contributed by atoms with Crippen molar-refractivity contribution < 1.29 is 4.74 Å². The molecule has 0 saturated heterocycles. The summed E-state index contributed by atoms with van der Waals surface area (Å²) in [6, 6.07) is 0.910. The fraction of sp³-hybridized carbons (Fsp3) is 0.750. The van der Waals surface area contributed by atoms with Gasteiger partial charge in [0, 0.05) is 31.3 Å². The zero-order valence-corrected chi connectivity index (χ0v) is 9.72. The molecule has 1 aromatic rings. The molecule has 1 fully saturated rings. The Hall–Kier alpha value is -0.870. The molecule has 4 heteroatoms. The summed E-state index contributed by atoms with van der Waals surface area (Å²) in [4.78, 5) is 4.51. The first kappa shape index (κ1) is 10.3. The van der Waals surface area contributed by atoms with Crippen molar-refractivity contribution in [2.24, 2.45) is 5.73 Å². The standard InChI is InChI=1S/C12H19N3O/c1-16-10-5-9(6-10)15-7-14-11-3-2-8(13)4-12(11)15/h7-10H,2-6,13H2,1H3. The molecule has 2 aliphatic carbocycles. The number of nitrogens with zero attached hydrogens (tertiary/aromatic N) is 2. The minimum atomic E-state index is 0.321. The molecule has 0 radical (unpaired) electrons. The number of aryl methyl sites for hydroxylation is 1. The van der Waals surface area contributed by atoms with Gasteiger partial charge in [-0.15, -0.1) is 0 Å². The van der Waals surface area contributed by atoms with Gasteiger partial charge in [-0.3, -0.25) is 0 Å². The van der Waals surface area contributed by atoms with Crippen LogP contribution in [0.5, 0.6) is 0 Å². The molecule has 1 unspecified atom stereocenters. The van der Waals surface area contributed by atoms with Crippen molar-refractivity contribution in [1.29, 1.82) is 0 Å². The Morgan fingerprint density at radius 3 is 3.06 bits per heavy atom. The third-order valence-electron chi connectivity index (χ3n) is 3.99. The van der Waals surface area contributed by atoms with Crippen LogP contribution in [0.15, 0.2) is 6.33 Å². The fourth-order valence-corrected chi connectivity index (χ4v) is 2.80. The van der Waals surface area contributed by atoms with Gasteiger partial charge in [-0.05, 0) is 25.7 Å². The lowest BCUT2D eigenvalue weighted by Crippen LogP contribution is -2.35. The Morgan fingerprint density at radius 2 is 2.31 bits per heavy atom. The number of hydrogen-bond acceptors (Lipinski definition) is 3. The van der Waals surface area contributed by atoms with E-state index in [0.29, 0.717) is 18.2 Å². The second kappa shape index (κ2) is 3.86. The highest BCUT2D eigenvalue weighted by Crippen LogP contribution is 2.36. The summed E-state index contributed by atoms with van der Waals surface area (Å²) in [6.07, 6.45) is 7.80. The number of rotatable bonds is 2. The topological polar surface area (TPSA) is 53.1 Å². The van der Waals surface area contributed by atoms with E-state index < -0.39 is 0 Å². The van der Waals surface area contributed by atoms with E-state index in [2.05, 4.69) is 9.55 Å². The van der Waals surface area contributed by atoms with Crippen LogP contribution in [0.3, 0.4) is 0 Å². The van der Waals surface area contributed by atoms with Gasteiger partial charge in [-0.2, -0.15) is 0 Å². The summed E-state index contributed by atoms with van der Waals surface area (Å²) in [5.74, 6) is 0. The summed E-state index contributed by atoms with van der Waals surface area (Å²) in [5, 5.41) is 0. The monoisotopic (exact) mass is 221 g/mol. The maximum absolute atomic E-state index is 6.02. The second-order valence-corrected chi connectivity index (χ2v) is 5.03. The summed E-state index contributed by atoms with van der Waals surface area (Å²) in [6.45, 7) is 0. The van der Waals surface area contributed by atoms with Crippen LogP contribution in [-0.4, -0.2) is 28.8 Å². The van der Waals surface area contributed by atoms with Crippen LogP contribution in [0, 0.1) is 0 Å². The fourth-order valence-electron chi connectivity index (χ4n) is 2.80. The third kappa shape index (κ3) is 1.57. The summed E-state index contributed by atoms with van der Waals surface area (Å²) >= 11 is 0. The molecule has 0 aliphatic heterocycles. The number of fused-ring (bicyclic) bond motifs is 1. The third-order valence-corrected chi connectivity index (χ3v) is 3.99. The number of imidazole rings is 1. The zero-order chi connectivity index (χ0) is 11.1. The Balaban J connectivity index is 1.79. The lowest BCUT2D eigenvalue weighted by atomic mass is 9.88. The Labute approximate surface area is 95.8 Å². The SMILES string of the molecule is COC1CC(n2cnc3c2CC(N)CC3)C1. The number of methoxy groups -OCH3 is 1. The molecule has 0 bridgehead atoms. The van der Waals surface area contributed by atoms with Gasteiger partial charge in [0.15, 0.2) is 0 Å². The van der Waals surface area contributed by atoms with Crippen LogP contribution in [0.25, 0.3) is 0 Å². The van der Waals surface area contributed by atoms with Gasteiger partial charge in [-0.1, -0.05) is 0 Å². The first-order chi connectivity index (χ1) is 7.78. The van der Waals surface area contributed by atoms with Crippen molar-refractivity contribution >= 4 is 0 Å². The Bertz CT molecular complexity index is 382. The Morgan fingerprint density at radius 1 is 1.50 bits per heavy atom. The van der Waals surface area contributed by atoms with E-state index in [0.717, 1.165) is 32.1 Å². The Kier molecular flexibility index (Phi) is 2.48. The molecule has 0 aromatic carbocycles. The van der Waals surface area contributed by atoms with E-state index in [1.165, 1.54) is 11.4 Å². The van der Waals surface area contributed by atoms with Gasteiger partial charge in [0.25, 0.3) is 0 Å². The normalized spacial score (nSPS) is 33.2. The van der Waals surface area contributed by atoms with Crippen LogP contribution in [0.2, 0.25) is 0 Å². The second-order valence-electron chi connectivity index (χ2n) is 5.03. The van der Waals surface area contributed by atoms with E-state index in [1.807, 2.05) is 6.33 Å². The largest absolute Gasteiger partial charge is 0.381 e. The van der Waals surface area contributed by atoms with Crippen molar-refractivity contribution in [2.45, 2.75) is 50.3 Å². The molecule has 0 spiro atoms. The first-order valence-corrected chi connectivity index (χ1v) is 6.11. The summed E-state index contributed by atoms with van der Waals surface area (Å²) in [7, 11) is 1.79. The van der Waals surface area contributed by atoms with Crippen molar-refractivity contribution in [3.63, 3.8) is 0 Å². The average molecular weight is 221 g/mol. The predicted molar refractivity (Wildman–Crippen MR) is 61.3 cm³/mol. The van der Waals surface area contributed by atoms with Gasteiger partial charge >= 0.3 is 0 Å². The zero-order valence-electron chi connectivity index (χ0n) is 9.72. The van der Waals surface area contributed by atoms with E-state index in [9.17, 15) is 0 Å². The average Bonchev–Trinajstić information content (AvgIpc) is 2.60. The molecule has 88 valence electrons. The molecule has 1 aromatic heterocycles. The maximum atomic E-state index is 6.02. The molecule has 1 saturated carbocycles. The maximum Gasteiger partial charge on any atom is 0.0954 e. The molecule has 1 atom stereocenters. The molecule has 4 nitrogen and oxygen atoms in total. The lowest BCUT2D eigenvalue weighted by molar-refractivity contribution is 0.00529. The quantitative estimate of drug-likeness (QED) is 0.812. The highest BCUT2D eigenvalue weighted by molar-refractivity contribution is 5.20. The van der Waals surface area contributed by atoms with Gasteiger partial charge < -0.3 is 15.0 Å². The highest BCUT2D eigenvalue weighted by atomic mass is 16.5. The molecule has 2 aliphatic rings. The molecule has 1 heterocycles. The van der Waals surface area contributed by atoms with Gasteiger partial charge in [0.05, 0.1) is 18.1 Å². The van der Waals surface area contributed by atoms with Crippen molar-refractivity contribution in [1.82, 2.24) is 9.55 Å². The van der Waals surface area contributed by atoms with Crippen LogP contribution < -0.4 is 5.73 Å². The minimum Gasteiger partial charge on any atom is -0.381 e. The van der Waals surface area contributed by atoms with Gasteiger partial charge in [0.2, 0.25) is 0 Å². The van der Waals surface area contributed by atoms with Crippen LogP contribution in [0.1, 0.15) is 36.7 Å². The summed E-state index contributed by atoms with van der Waals surface area (Å²) in [5.41, 5.74) is 8.66. The van der Waals surface area contributed by atoms with E-state index in [-0.39, 0.29) is 0 Å². The van der Waals surface area contributed by atoms with Crippen molar-refractivity contribution in [3.8, 4) is 0 Å². The first-order valence-electron chi connectivity index (χ1n) is 6.11. The minimum absolute atomic E-state index is 0.321. The van der Waals surface area contributed by atoms with Crippen molar-refractivity contribution in [3.05, 3.63) is 17.7 Å². The van der Waals surface area contributed by atoms with E-state index in [4.69, 9.17) is 10.5 Å². The highest BCUT2D eigenvalue weighted by Gasteiger charge is 2.33. The van der Waals surface area contributed by atoms with Crippen LogP contribution >= 0.6 is 0 Å². The summed E-state index contributed by atoms with van der Waals surface area (Å²) < 4.78 is 7.66. The van der Waals surface area contributed by atoms with Gasteiger partial charge in [0.1, 0.15) is 0 Å². The molecular weight excluding hydrogens is 202 g/mol. The molecule has 2 N–H and O–H groups in total. The molecule has 16 heavy (non-hydrogen) atoms.